The quantitative estimate of drug-likeness (QED) is 0.258. The summed E-state index contributed by atoms with van der Waals surface area (Å²) in [5.74, 6) is -0.0876. The minimum absolute atomic E-state index is 0.00772. The molecule has 3 nitrogen and oxygen atoms in total. The van der Waals surface area contributed by atoms with E-state index >= 15 is 0 Å². The highest BCUT2D eigenvalue weighted by Crippen LogP contribution is 2.45. The van der Waals surface area contributed by atoms with E-state index in [0.29, 0.717) is 6.54 Å². The molecule has 0 aromatic carbocycles. The Hall–Kier alpha value is -0.396. The van der Waals surface area contributed by atoms with Gasteiger partial charge in [-0.1, -0.05) is 59.3 Å². The average Bonchev–Trinajstić information content (AvgIpc) is 2.47. The predicted octanol–water partition coefficient (Wildman–Crippen LogP) is 5.90. The largest absolute Gasteiger partial charge is 0.415 e. The highest BCUT2D eigenvalue weighted by Gasteiger charge is 2.48. The van der Waals surface area contributed by atoms with Crippen molar-refractivity contribution in [1.82, 2.24) is 5.32 Å². The minimum Gasteiger partial charge on any atom is -0.415 e. The van der Waals surface area contributed by atoms with Crippen LogP contribution in [0.25, 0.3) is 0 Å². The average molecular weight is 386 g/mol. The van der Waals surface area contributed by atoms with Crippen LogP contribution >= 0.6 is 0 Å². The van der Waals surface area contributed by atoms with Crippen LogP contribution in [0.5, 0.6) is 0 Å². The number of carbonyl (C=O) groups is 1. The fourth-order valence-electron chi connectivity index (χ4n) is 2.95. The third kappa shape index (κ3) is 7.39. The number of hydrogen-bond donors (Lipinski definition) is 1. The van der Waals surface area contributed by atoms with Crippen LogP contribution in [0.2, 0.25) is 37.3 Å². The Labute approximate surface area is 159 Å². The number of carbonyl (C=O) groups excluding carboxylic acids is 1. The Balaban J connectivity index is 4.89. The fraction of sp³-hybridized carbons (Fsp3) is 0.850. The maximum absolute atomic E-state index is 11.3. The van der Waals surface area contributed by atoms with Crippen molar-refractivity contribution in [2.24, 2.45) is 0 Å². The molecule has 0 aliphatic carbocycles. The van der Waals surface area contributed by atoms with Crippen LogP contribution < -0.4 is 5.32 Å². The molecule has 0 aromatic rings. The Morgan fingerprint density at radius 3 is 2.16 bits per heavy atom. The summed E-state index contributed by atoms with van der Waals surface area (Å²) >= 11 is 0. The predicted molar refractivity (Wildman–Crippen MR) is 116 cm³/mol. The monoisotopic (exact) mass is 385 g/mol. The summed E-state index contributed by atoms with van der Waals surface area (Å²) in [6.45, 7) is 25.5. The van der Waals surface area contributed by atoms with Crippen LogP contribution in [-0.2, 0) is 9.22 Å². The molecule has 0 atom stereocenters. The number of amides is 1. The van der Waals surface area contributed by atoms with Gasteiger partial charge in [0, 0.05) is 11.8 Å². The first kappa shape index (κ1) is 24.6. The first-order chi connectivity index (χ1) is 11.2. The van der Waals surface area contributed by atoms with E-state index in [-0.39, 0.29) is 16.2 Å². The second-order valence-corrected chi connectivity index (χ2v) is 19.6. The van der Waals surface area contributed by atoms with E-state index in [1.54, 1.807) is 0 Å². The van der Waals surface area contributed by atoms with Gasteiger partial charge in [0.1, 0.15) is 0 Å². The van der Waals surface area contributed by atoms with Gasteiger partial charge in [-0.3, -0.25) is 4.79 Å². The number of unbranched alkanes of at least 4 members (excludes halogenated alkanes) is 1. The maximum atomic E-state index is 11.3. The molecule has 0 unspecified atom stereocenters. The van der Waals surface area contributed by atoms with E-state index < -0.39 is 16.4 Å². The first-order valence-electron chi connectivity index (χ1n) is 9.83. The van der Waals surface area contributed by atoms with Crippen molar-refractivity contribution in [3.63, 3.8) is 0 Å². The molecule has 0 radical (unpaired) electrons. The van der Waals surface area contributed by atoms with E-state index in [1.807, 2.05) is 0 Å². The van der Waals surface area contributed by atoms with Crippen molar-refractivity contribution in [2.45, 2.75) is 103 Å². The Bertz CT molecular complexity index is 443. The van der Waals surface area contributed by atoms with Gasteiger partial charge >= 0.3 is 0 Å². The standard InChI is InChI=1S/C20H43NO2Si2/c1-11-13-17-24(7,8)20(5,6)23-25(9,10)19(3,4)15-14-16-21-18(22)12-2/h12H,2,11,13-17H2,1,3-10H3,(H,21,22). The maximum Gasteiger partial charge on any atom is 0.243 e. The summed E-state index contributed by atoms with van der Waals surface area (Å²) in [7, 11) is -3.35. The van der Waals surface area contributed by atoms with E-state index in [4.69, 9.17) is 4.43 Å². The molecule has 0 aliphatic heterocycles. The van der Waals surface area contributed by atoms with Crippen molar-refractivity contribution in [1.29, 1.82) is 0 Å². The molecule has 0 aromatic heterocycles. The molecule has 0 saturated carbocycles. The normalized spacial score (nSPS) is 13.6. The molecule has 0 fully saturated rings. The molecule has 148 valence electrons. The van der Waals surface area contributed by atoms with Gasteiger partial charge in [-0.25, -0.2) is 0 Å². The number of hydrogen-bond acceptors (Lipinski definition) is 2. The van der Waals surface area contributed by atoms with Gasteiger partial charge < -0.3 is 9.74 Å². The van der Waals surface area contributed by atoms with Crippen molar-refractivity contribution < 1.29 is 9.22 Å². The van der Waals surface area contributed by atoms with Gasteiger partial charge in [0.05, 0.1) is 8.07 Å². The van der Waals surface area contributed by atoms with Crippen LogP contribution in [0.1, 0.15) is 60.3 Å². The second-order valence-electron chi connectivity index (χ2n) is 9.59. The lowest BCUT2D eigenvalue weighted by Gasteiger charge is -2.50. The van der Waals surface area contributed by atoms with Gasteiger partial charge in [-0.15, -0.1) is 0 Å². The molecule has 0 rings (SSSR count). The molecule has 25 heavy (non-hydrogen) atoms. The van der Waals surface area contributed by atoms with Crippen LogP contribution in [0.4, 0.5) is 0 Å². The third-order valence-corrected chi connectivity index (χ3v) is 16.1. The number of nitrogens with one attached hydrogen (secondary N) is 1. The zero-order valence-corrected chi connectivity index (χ0v) is 20.3. The summed E-state index contributed by atoms with van der Waals surface area (Å²) in [6.07, 6.45) is 5.94. The van der Waals surface area contributed by atoms with Gasteiger partial charge in [0.2, 0.25) is 5.91 Å². The fourth-order valence-corrected chi connectivity index (χ4v) is 8.99. The number of rotatable bonds is 12. The van der Waals surface area contributed by atoms with Gasteiger partial charge in [-0.2, -0.15) is 0 Å². The van der Waals surface area contributed by atoms with Crippen molar-refractivity contribution in [3.8, 4) is 0 Å². The van der Waals surface area contributed by atoms with Crippen LogP contribution in [0.3, 0.4) is 0 Å². The van der Waals surface area contributed by atoms with E-state index in [2.05, 4.69) is 72.7 Å². The van der Waals surface area contributed by atoms with Crippen molar-refractivity contribution in [3.05, 3.63) is 12.7 Å². The summed E-state index contributed by atoms with van der Waals surface area (Å²) in [4.78, 5) is 11.3. The molecule has 1 N–H and O–H groups in total. The molecule has 0 bridgehead atoms. The topological polar surface area (TPSA) is 38.3 Å². The van der Waals surface area contributed by atoms with Crippen molar-refractivity contribution >= 4 is 22.3 Å². The van der Waals surface area contributed by atoms with Crippen LogP contribution in [0.15, 0.2) is 12.7 Å². The Kier molecular flexibility index (Phi) is 9.36. The summed E-state index contributed by atoms with van der Waals surface area (Å²) in [6, 6.07) is 1.33. The highest BCUT2D eigenvalue weighted by molar-refractivity contribution is 6.82. The molecular weight excluding hydrogens is 342 g/mol. The Morgan fingerprint density at radius 1 is 1.12 bits per heavy atom. The van der Waals surface area contributed by atoms with Gasteiger partial charge in [0.15, 0.2) is 8.32 Å². The zero-order chi connectivity index (χ0) is 19.9. The molecule has 0 spiro atoms. The lowest BCUT2D eigenvalue weighted by molar-refractivity contribution is -0.116. The Morgan fingerprint density at radius 2 is 1.68 bits per heavy atom. The molecule has 1 amide bonds. The lowest BCUT2D eigenvalue weighted by Crippen LogP contribution is -2.59. The third-order valence-electron chi connectivity index (χ3n) is 6.39. The molecule has 0 aliphatic rings. The molecule has 5 heteroatoms. The van der Waals surface area contributed by atoms with Crippen LogP contribution in [0, 0.1) is 0 Å². The van der Waals surface area contributed by atoms with Gasteiger partial charge in [-0.05, 0) is 50.9 Å². The molecule has 0 heterocycles. The van der Waals surface area contributed by atoms with E-state index in [9.17, 15) is 4.79 Å². The summed E-state index contributed by atoms with van der Waals surface area (Å²) < 4.78 is 6.95. The van der Waals surface area contributed by atoms with E-state index in [0.717, 1.165) is 12.8 Å². The zero-order valence-electron chi connectivity index (χ0n) is 18.3. The van der Waals surface area contributed by atoms with E-state index in [1.165, 1.54) is 25.0 Å². The molecule has 0 saturated heterocycles. The second kappa shape index (κ2) is 9.51. The van der Waals surface area contributed by atoms with Gasteiger partial charge in [0.25, 0.3) is 0 Å². The first-order valence-corrected chi connectivity index (χ1v) is 15.9. The van der Waals surface area contributed by atoms with Crippen molar-refractivity contribution in [2.75, 3.05) is 6.54 Å². The minimum atomic E-state index is -1.90. The van der Waals surface area contributed by atoms with Crippen LogP contribution in [-0.4, -0.2) is 34.1 Å². The smallest absolute Gasteiger partial charge is 0.243 e. The summed E-state index contributed by atoms with van der Waals surface area (Å²) in [5.41, 5.74) is 0. The molecular formula is C20H43NO2Si2. The highest BCUT2D eigenvalue weighted by atomic mass is 28.4. The summed E-state index contributed by atoms with van der Waals surface area (Å²) in [5, 5.41) is 3.03. The SMILES string of the molecule is C=CC(=O)NCCCC(C)(C)[Si](C)(C)OC(C)(C)[Si](C)(C)CCCC. The lowest BCUT2D eigenvalue weighted by atomic mass is 10.1.